The molecule has 31 heavy (non-hydrogen) atoms. The zero-order valence-electron chi connectivity index (χ0n) is 18.9. The van der Waals surface area contributed by atoms with Gasteiger partial charge in [0.15, 0.2) is 0 Å². The normalized spacial score (nSPS) is 14.3. The van der Waals surface area contributed by atoms with Crippen LogP contribution in [0.2, 0.25) is 0 Å². The van der Waals surface area contributed by atoms with E-state index < -0.39 is 6.09 Å². The Bertz CT molecular complexity index is 874. The van der Waals surface area contributed by atoms with Crippen LogP contribution in [0.4, 0.5) is 4.79 Å². The summed E-state index contributed by atoms with van der Waals surface area (Å²) < 4.78 is 7.07. The standard InChI is InChI=1S/C23H34N4O4/c1-18(2)17-27(31-23(29)25-13-7-4-8-14-25)22(28)21-24-19-11-5-6-12-20(19)26(21)15-9-10-16-30-3/h5-6,11-12,18H,4,7-10,13-17H2,1-3H3. The van der Waals surface area contributed by atoms with E-state index in [-0.39, 0.29) is 11.8 Å². The molecule has 3 rings (SSSR count). The molecule has 0 bridgehead atoms. The van der Waals surface area contributed by atoms with Gasteiger partial charge in [0.2, 0.25) is 5.82 Å². The smallest absolute Gasteiger partial charge is 0.385 e. The number of hydrogen-bond donors (Lipinski definition) is 0. The van der Waals surface area contributed by atoms with Gasteiger partial charge >= 0.3 is 12.0 Å². The third kappa shape index (κ3) is 5.97. The number of amides is 2. The Kier molecular flexibility index (Phi) is 8.28. The maximum Gasteiger partial charge on any atom is 0.434 e. The van der Waals surface area contributed by atoms with Crippen LogP contribution in [-0.2, 0) is 16.1 Å². The number of benzene rings is 1. The molecule has 0 spiro atoms. The summed E-state index contributed by atoms with van der Waals surface area (Å²) in [5.41, 5.74) is 1.65. The van der Waals surface area contributed by atoms with E-state index in [9.17, 15) is 9.59 Å². The number of carbonyl (C=O) groups is 2. The fourth-order valence-corrected chi connectivity index (χ4v) is 3.81. The van der Waals surface area contributed by atoms with Gasteiger partial charge < -0.3 is 19.0 Å². The lowest BCUT2D eigenvalue weighted by molar-refractivity contribution is -0.0895. The van der Waals surface area contributed by atoms with Gasteiger partial charge in [0, 0.05) is 33.4 Å². The van der Waals surface area contributed by atoms with Crippen LogP contribution in [-0.4, -0.2) is 64.9 Å². The minimum Gasteiger partial charge on any atom is -0.385 e. The summed E-state index contributed by atoms with van der Waals surface area (Å²) in [5, 5.41) is 1.19. The first kappa shape index (κ1) is 23.1. The lowest BCUT2D eigenvalue weighted by Gasteiger charge is -2.29. The molecule has 0 unspecified atom stereocenters. The average molecular weight is 431 g/mol. The Hall–Kier alpha value is -2.61. The Morgan fingerprint density at radius 1 is 1.13 bits per heavy atom. The van der Waals surface area contributed by atoms with Crippen molar-refractivity contribution in [3.63, 3.8) is 0 Å². The molecule has 2 amide bonds. The molecule has 0 N–H and O–H groups in total. The number of piperidine rings is 1. The molecule has 2 aromatic rings. The van der Waals surface area contributed by atoms with Crippen LogP contribution in [0, 0.1) is 5.92 Å². The summed E-state index contributed by atoms with van der Waals surface area (Å²) >= 11 is 0. The summed E-state index contributed by atoms with van der Waals surface area (Å²) in [4.78, 5) is 38.1. The molecule has 1 aliphatic rings. The zero-order valence-corrected chi connectivity index (χ0v) is 18.9. The van der Waals surface area contributed by atoms with Crippen LogP contribution < -0.4 is 0 Å². The number of aryl methyl sites for hydroxylation is 1. The predicted octanol–water partition coefficient (Wildman–Crippen LogP) is 4.10. The van der Waals surface area contributed by atoms with Crippen LogP contribution >= 0.6 is 0 Å². The molecule has 170 valence electrons. The van der Waals surface area contributed by atoms with Crippen molar-refractivity contribution >= 4 is 23.0 Å². The van der Waals surface area contributed by atoms with E-state index in [4.69, 9.17) is 9.57 Å². The molecular formula is C23H34N4O4. The Labute approximate surface area is 184 Å². The van der Waals surface area contributed by atoms with Gasteiger partial charge in [0.25, 0.3) is 0 Å². The number of nitrogens with zero attached hydrogens (tertiary/aromatic N) is 4. The van der Waals surface area contributed by atoms with Crippen molar-refractivity contribution in [3.05, 3.63) is 30.1 Å². The fourth-order valence-electron chi connectivity index (χ4n) is 3.81. The number of para-hydroxylation sites is 2. The quantitative estimate of drug-likeness (QED) is 0.465. The van der Waals surface area contributed by atoms with Crippen LogP contribution in [0.3, 0.4) is 0 Å². The highest BCUT2D eigenvalue weighted by Crippen LogP contribution is 2.20. The molecule has 1 aromatic carbocycles. The number of methoxy groups -OCH3 is 1. The van der Waals surface area contributed by atoms with Gasteiger partial charge in [-0.25, -0.2) is 9.78 Å². The van der Waals surface area contributed by atoms with E-state index >= 15 is 0 Å². The second kappa shape index (κ2) is 11.1. The molecule has 1 aromatic heterocycles. The van der Waals surface area contributed by atoms with Crippen molar-refractivity contribution in [1.82, 2.24) is 19.5 Å². The number of hydrogen-bond acceptors (Lipinski definition) is 5. The summed E-state index contributed by atoms with van der Waals surface area (Å²) in [6, 6.07) is 7.69. The molecule has 2 heterocycles. The lowest BCUT2D eigenvalue weighted by Crippen LogP contribution is -2.44. The van der Waals surface area contributed by atoms with E-state index in [1.54, 1.807) is 12.0 Å². The molecule has 0 radical (unpaired) electrons. The first-order valence-electron chi connectivity index (χ1n) is 11.2. The summed E-state index contributed by atoms with van der Waals surface area (Å²) in [5.74, 6) is 0.0466. The third-order valence-electron chi connectivity index (χ3n) is 5.39. The predicted molar refractivity (Wildman–Crippen MR) is 119 cm³/mol. The van der Waals surface area contributed by atoms with Gasteiger partial charge in [-0.15, -0.1) is 0 Å². The fraction of sp³-hybridized carbons (Fsp3) is 0.609. The number of unbranched alkanes of at least 4 members (excludes halogenated alkanes) is 1. The molecule has 8 nitrogen and oxygen atoms in total. The van der Waals surface area contributed by atoms with Crippen molar-refractivity contribution < 1.29 is 19.2 Å². The number of rotatable bonds is 8. The van der Waals surface area contributed by atoms with E-state index in [2.05, 4.69) is 4.98 Å². The zero-order chi connectivity index (χ0) is 22.2. The van der Waals surface area contributed by atoms with E-state index in [1.807, 2.05) is 42.7 Å². The van der Waals surface area contributed by atoms with Crippen LogP contribution in [0.25, 0.3) is 11.0 Å². The Balaban J connectivity index is 1.84. The first-order chi connectivity index (χ1) is 15.0. The third-order valence-corrected chi connectivity index (χ3v) is 5.39. The largest absolute Gasteiger partial charge is 0.434 e. The number of imidazole rings is 1. The van der Waals surface area contributed by atoms with E-state index in [0.717, 1.165) is 43.1 Å². The Morgan fingerprint density at radius 2 is 1.87 bits per heavy atom. The number of carbonyl (C=O) groups excluding carboxylic acids is 2. The van der Waals surface area contributed by atoms with E-state index in [1.165, 1.54) is 5.06 Å². The summed E-state index contributed by atoms with van der Waals surface area (Å²) in [6.07, 6.45) is 4.32. The lowest BCUT2D eigenvalue weighted by atomic mass is 10.1. The minimum absolute atomic E-state index is 0.137. The van der Waals surface area contributed by atoms with Gasteiger partial charge in [-0.05, 0) is 50.2 Å². The number of likely N-dealkylation sites (tertiary alicyclic amines) is 1. The summed E-state index contributed by atoms with van der Waals surface area (Å²) in [6.45, 7) is 6.93. The monoisotopic (exact) mass is 430 g/mol. The number of aromatic nitrogens is 2. The minimum atomic E-state index is -0.462. The van der Waals surface area contributed by atoms with Gasteiger partial charge in [-0.2, -0.15) is 5.06 Å². The summed E-state index contributed by atoms with van der Waals surface area (Å²) in [7, 11) is 1.68. The van der Waals surface area contributed by atoms with Crippen molar-refractivity contribution in [2.24, 2.45) is 5.92 Å². The number of fused-ring (bicyclic) bond motifs is 1. The maximum absolute atomic E-state index is 13.5. The highest BCUT2D eigenvalue weighted by molar-refractivity contribution is 5.95. The number of hydroxylamine groups is 2. The average Bonchev–Trinajstić information content (AvgIpc) is 3.14. The first-order valence-corrected chi connectivity index (χ1v) is 11.2. The van der Waals surface area contributed by atoms with Crippen LogP contribution in [0.15, 0.2) is 24.3 Å². The van der Waals surface area contributed by atoms with Gasteiger partial charge in [-0.3, -0.25) is 4.79 Å². The second-order valence-electron chi connectivity index (χ2n) is 8.44. The van der Waals surface area contributed by atoms with Crippen LogP contribution in [0.1, 0.15) is 56.6 Å². The Morgan fingerprint density at radius 3 is 2.58 bits per heavy atom. The second-order valence-corrected chi connectivity index (χ2v) is 8.44. The topological polar surface area (TPSA) is 76.9 Å². The van der Waals surface area contributed by atoms with Gasteiger partial charge in [-0.1, -0.05) is 26.0 Å². The van der Waals surface area contributed by atoms with Crippen molar-refractivity contribution in [2.75, 3.05) is 33.4 Å². The number of ether oxygens (including phenoxy) is 1. The van der Waals surface area contributed by atoms with Gasteiger partial charge in [0.1, 0.15) is 0 Å². The highest BCUT2D eigenvalue weighted by Gasteiger charge is 2.29. The molecule has 0 aliphatic carbocycles. The van der Waals surface area contributed by atoms with Crippen molar-refractivity contribution in [2.45, 2.75) is 52.5 Å². The SMILES string of the molecule is COCCCCn1c(C(=O)N(CC(C)C)OC(=O)N2CCCCC2)nc2ccccc21. The molecule has 8 heteroatoms. The highest BCUT2D eigenvalue weighted by atomic mass is 16.7. The molecular weight excluding hydrogens is 396 g/mol. The van der Waals surface area contributed by atoms with Crippen LogP contribution in [0.5, 0.6) is 0 Å². The molecule has 1 saturated heterocycles. The molecule has 0 atom stereocenters. The molecule has 1 aliphatic heterocycles. The maximum atomic E-state index is 13.5. The molecule has 1 fully saturated rings. The van der Waals surface area contributed by atoms with E-state index in [0.29, 0.717) is 38.6 Å². The van der Waals surface area contributed by atoms with Crippen molar-refractivity contribution in [3.8, 4) is 0 Å². The molecule has 0 saturated carbocycles. The van der Waals surface area contributed by atoms with Crippen molar-refractivity contribution in [1.29, 1.82) is 0 Å². The van der Waals surface area contributed by atoms with Gasteiger partial charge in [0.05, 0.1) is 17.6 Å².